The van der Waals surface area contributed by atoms with Gasteiger partial charge in [0.05, 0.1) is 12.7 Å². The number of hydrogen-bond acceptors (Lipinski definition) is 4. The lowest BCUT2D eigenvalue weighted by Crippen LogP contribution is -2.28. The summed E-state index contributed by atoms with van der Waals surface area (Å²) in [6.07, 6.45) is 2.43. The number of nitrogens with zero attached hydrogens (tertiary/aromatic N) is 2. The number of nitrogens with one attached hydrogen (secondary N) is 2. The van der Waals surface area contributed by atoms with Gasteiger partial charge in [-0.05, 0) is 12.1 Å². The molecule has 0 unspecified atom stereocenters. The number of pyridine rings is 1. The zero-order valence-corrected chi connectivity index (χ0v) is 10.3. The number of anilines is 1. The van der Waals surface area contributed by atoms with Gasteiger partial charge < -0.3 is 10.3 Å². The molecule has 0 aliphatic carbocycles. The van der Waals surface area contributed by atoms with Crippen LogP contribution in [0.25, 0.3) is 0 Å². The Kier molecular flexibility index (Phi) is 3.75. The van der Waals surface area contributed by atoms with Gasteiger partial charge in [0.15, 0.2) is 5.82 Å². The molecule has 0 saturated heterocycles. The van der Waals surface area contributed by atoms with Gasteiger partial charge in [-0.25, -0.2) is 4.98 Å². The maximum atomic E-state index is 13.8. The maximum absolute atomic E-state index is 13.8. The summed E-state index contributed by atoms with van der Waals surface area (Å²) in [4.78, 5) is 20.8. The first-order valence-electron chi connectivity index (χ1n) is 5.27. The van der Waals surface area contributed by atoms with E-state index < -0.39 is 18.0 Å². The van der Waals surface area contributed by atoms with Crippen LogP contribution in [0.1, 0.15) is 5.69 Å². The molecule has 19 heavy (non-hydrogen) atoms. The Labute approximate surface area is 111 Å². The van der Waals surface area contributed by atoms with Crippen molar-refractivity contribution in [1.29, 1.82) is 0 Å². The van der Waals surface area contributed by atoms with Crippen LogP contribution in [-0.2, 0) is 5.92 Å². The van der Waals surface area contributed by atoms with E-state index in [9.17, 15) is 13.6 Å². The third-order valence-electron chi connectivity index (χ3n) is 2.27. The van der Waals surface area contributed by atoms with Crippen LogP contribution in [0.2, 0.25) is 5.15 Å². The van der Waals surface area contributed by atoms with Crippen LogP contribution in [0, 0.1) is 0 Å². The van der Waals surface area contributed by atoms with Crippen LogP contribution in [0.4, 0.5) is 14.6 Å². The van der Waals surface area contributed by atoms with Gasteiger partial charge in [-0.15, -0.1) is 0 Å². The first-order chi connectivity index (χ1) is 8.99. The SMILES string of the molecule is O=c1[nH]c(Cl)cnc1NCC(F)(F)c1ccccn1. The molecular weight excluding hydrogens is 278 g/mol. The van der Waals surface area contributed by atoms with Gasteiger partial charge in [0.2, 0.25) is 0 Å². The van der Waals surface area contributed by atoms with Crippen LogP contribution >= 0.6 is 11.6 Å². The molecule has 100 valence electrons. The molecule has 0 aliphatic heterocycles. The van der Waals surface area contributed by atoms with E-state index in [0.717, 1.165) is 6.20 Å². The quantitative estimate of drug-likeness (QED) is 0.902. The van der Waals surface area contributed by atoms with Gasteiger partial charge >= 0.3 is 5.92 Å². The molecule has 0 atom stereocenters. The Hall–Kier alpha value is -2.02. The van der Waals surface area contributed by atoms with Crippen LogP contribution in [0.5, 0.6) is 0 Å². The van der Waals surface area contributed by atoms with Crippen molar-refractivity contribution < 1.29 is 8.78 Å². The van der Waals surface area contributed by atoms with E-state index >= 15 is 0 Å². The van der Waals surface area contributed by atoms with Crippen molar-refractivity contribution >= 4 is 17.4 Å². The van der Waals surface area contributed by atoms with Crippen LogP contribution in [-0.4, -0.2) is 21.5 Å². The van der Waals surface area contributed by atoms with Gasteiger partial charge in [0, 0.05) is 6.20 Å². The van der Waals surface area contributed by atoms with Crippen molar-refractivity contribution in [3.63, 3.8) is 0 Å². The number of aromatic nitrogens is 3. The third-order valence-corrected chi connectivity index (χ3v) is 2.46. The highest BCUT2D eigenvalue weighted by atomic mass is 35.5. The van der Waals surface area contributed by atoms with Crippen LogP contribution < -0.4 is 10.9 Å². The van der Waals surface area contributed by atoms with Gasteiger partial charge in [-0.2, -0.15) is 8.78 Å². The molecular formula is C11H9ClF2N4O. The predicted octanol–water partition coefficient (Wildman–Crippen LogP) is 2.02. The smallest absolute Gasteiger partial charge is 0.306 e. The van der Waals surface area contributed by atoms with Gasteiger partial charge in [0.1, 0.15) is 10.8 Å². The first kappa shape index (κ1) is 13.4. The number of H-pyrrole nitrogens is 1. The van der Waals surface area contributed by atoms with Crippen molar-refractivity contribution in [1.82, 2.24) is 15.0 Å². The molecule has 0 fully saturated rings. The number of rotatable bonds is 4. The van der Waals surface area contributed by atoms with E-state index in [1.165, 1.54) is 18.3 Å². The summed E-state index contributed by atoms with van der Waals surface area (Å²) in [5, 5.41) is 2.31. The van der Waals surface area contributed by atoms with Crippen LogP contribution in [0.15, 0.2) is 35.4 Å². The van der Waals surface area contributed by atoms with Crippen molar-refractivity contribution in [2.24, 2.45) is 0 Å². The zero-order chi connectivity index (χ0) is 13.9. The largest absolute Gasteiger partial charge is 0.359 e. The van der Waals surface area contributed by atoms with Crippen molar-refractivity contribution in [2.45, 2.75) is 5.92 Å². The number of halogens is 3. The van der Waals surface area contributed by atoms with E-state index in [4.69, 9.17) is 11.6 Å². The number of hydrogen-bond donors (Lipinski definition) is 2. The van der Waals surface area contributed by atoms with E-state index in [2.05, 4.69) is 20.3 Å². The van der Waals surface area contributed by atoms with Gasteiger partial charge in [0.25, 0.3) is 5.56 Å². The summed E-state index contributed by atoms with van der Waals surface area (Å²) in [6.45, 7) is -0.790. The molecule has 8 heteroatoms. The minimum Gasteiger partial charge on any atom is -0.359 e. The highest BCUT2D eigenvalue weighted by Crippen LogP contribution is 2.25. The summed E-state index contributed by atoms with van der Waals surface area (Å²) in [7, 11) is 0. The van der Waals surface area contributed by atoms with Crippen molar-refractivity contribution in [2.75, 3.05) is 11.9 Å². The standard InChI is InChI=1S/C11H9ClF2N4O/c12-8-5-16-9(10(19)18-8)17-6-11(13,14)7-3-1-2-4-15-7/h1-5H,6H2,(H,16,17)(H,18,19). The summed E-state index contributed by atoms with van der Waals surface area (Å²) in [5.74, 6) is -3.44. The molecule has 0 spiro atoms. The second kappa shape index (κ2) is 5.31. The Morgan fingerprint density at radius 2 is 2.16 bits per heavy atom. The topological polar surface area (TPSA) is 70.7 Å². The number of alkyl halides is 2. The average molecular weight is 287 g/mol. The molecule has 0 amide bonds. The second-order valence-corrected chi connectivity index (χ2v) is 4.09. The lowest BCUT2D eigenvalue weighted by Gasteiger charge is -2.16. The fourth-order valence-corrected chi connectivity index (χ4v) is 1.50. The highest BCUT2D eigenvalue weighted by Gasteiger charge is 2.33. The molecule has 2 aromatic heterocycles. The fourth-order valence-electron chi connectivity index (χ4n) is 1.37. The minimum absolute atomic E-state index is 0.0343. The Morgan fingerprint density at radius 3 is 2.79 bits per heavy atom. The zero-order valence-electron chi connectivity index (χ0n) is 9.53. The molecule has 0 bridgehead atoms. The van der Waals surface area contributed by atoms with Crippen molar-refractivity contribution in [3.8, 4) is 0 Å². The van der Waals surface area contributed by atoms with E-state index in [1.807, 2.05) is 0 Å². The maximum Gasteiger partial charge on any atom is 0.306 e. The first-order valence-corrected chi connectivity index (χ1v) is 5.65. The number of aromatic amines is 1. The summed E-state index contributed by atoms with van der Waals surface area (Å²) in [5.41, 5.74) is -1.04. The lowest BCUT2D eigenvalue weighted by atomic mass is 10.2. The molecule has 5 nitrogen and oxygen atoms in total. The molecule has 2 aromatic rings. The normalized spacial score (nSPS) is 11.3. The average Bonchev–Trinajstić information content (AvgIpc) is 2.39. The summed E-state index contributed by atoms with van der Waals surface area (Å²) < 4.78 is 27.5. The van der Waals surface area contributed by atoms with Crippen molar-refractivity contribution in [3.05, 3.63) is 51.8 Å². The Morgan fingerprint density at radius 1 is 1.37 bits per heavy atom. The third kappa shape index (κ3) is 3.25. The van der Waals surface area contributed by atoms with Gasteiger partial charge in [-0.1, -0.05) is 17.7 Å². The fraction of sp³-hybridized carbons (Fsp3) is 0.182. The monoisotopic (exact) mass is 286 g/mol. The van der Waals surface area contributed by atoms with E-state index in [0.29, 0.717) is 0 Å². The molecule has 2 N–H and O–H groups in total. The van der Waals surface area contributed by atoms with E-state index in [1.54, 1.807) is 6.07 Å². The molecule has 0 aliphatic rings. The highest BCUT2D eigenvalue weighted by molar-refractivity contribution is 6.29. The molecule has 0 radical (unpaired) electrons. The Bertz CT molecular complexity index is 618. The molecule has 0 aromatic carbocycles. The molecule has 2 rings (SSSR count). The molecule has 0 saturated carbocycles. The molecule has 2 heterocycles. The second-order valence-electron chi connectivity index (χ2n) is 3.68. The van der Waals surface area contributed by atoms with Crippen LogP contribution in [0.3, 0.4) is 0 Å². The summed E-state index contributed by atoms with van der Waals surface area (Å²) >= 11 is 5.50. The Balaban J connectivity index is 2.12. The van der Waals surface area contributed by atoms with Gasteiger partial charge in [-0.3, -0.25) is 9.78 Å². The summed E-state index contributed by atoms with van der Waals surface area (Å²) in [6, 6.07) is 4.21. The van der Waals surface area contributed by atoms with E-state index in [-0.39, 0.29) is 16.7 Å². The minimum atomic E-state index is -3.21. The predicted molar refractivity (Wildman–Crippen MR) is 66.5 cm³/mol. The lowest BCUT2D eigenvalue weighted by molar-refractivity contribution is 0.00589.